The van der Waals surface area contributed by atoms with Crippen LogP contribution in [0.4, 0.5) is 0 Å². The SMILES string of the molecule is Cc1cc(=O)c(C(=O)N2CCCC(C(C)N)C2)nn1-c1ccccc1. The Kier molecular flexibility index (Phi) is 4.99. The quantitative estimate of drug-likeness (QED) is 0.923. The number of rotatable bonds is 3. The Morgan fingerprint density at radius 1 is 1.32 bits per heavy atom. The van der Waals surface area contributed by atoms with Crippen molar-refractivity contribution in [2.45, 2.75) is 32.7 Å². The van der Waals surface area contributed by atoms with Gasteiger partial charge in [0.15, 0.2) is 5.69 Å². The summed E-state index contributed by atoms with van der Waals surface area (Å²) in [6.07, 6.45) is 1.91. The number of carbonyl (C=O) groups excluding carboxylic acids is 1. The Balaban J connectivity index is 1.94. The molecule has 2 heterocycles. The molecule has 1 aliphatic heterocycles. The Hall–Kier alpha value is -2.47. The number of hydrogen-bond acceptors (Lipinski definition) is 4. The van der Waals surface area contributed by atoms with Crippen LogP contribution in [0.2, 0.25) is 0 Å². The molecule has 1 fully saturated rings. The van der Waals surface area contributed by atoms with Gasteiger partial charge >= 0.3 is 0 Å². The normalized spacial score (nSPS) is 18.8. The molecule has 0 radical (unpaired) electrons. The first kappa shape index (κ1) is 17.4. The van der Waals surface area contributed by atoms with E-state index >= 15 is 0 Å². The van der Waals surface area contributed by atoms with E-state index in [4.69, 9.17) is 5.73 Å². The highest BCUT2D eigenvalue weighted by atomic mass is 16.2. The number of benzene rings is 1. The summed E-state index contributed by atoms with van der Waals surface area (Å²) in [7, 11) is 0. The van der Waals surface area contributed by atoms with Crippen molar-refractivity contribution in [3.8, 4) is 5.69 Å². The first-order chi connectivity index (χ1) is 12.0. The molecule has 6 heteroatoms. The monoisotopic (exact) mass is 340 g/mol. The number of amides is 1. The van der Waals surface area contributed by atoms with Gasteiger partial charge < -0.3 is 10.6 Å². The number of nitrogens with zero attached hydrogens (tertiary/aromatic N) is 3. The lowest BCUT2D eigenvalue weighted by molar-refractivity contribution is 0.0651. The van der Waals surface area contributed by atoms with Gasteiger partial charge in [0.2, 0.25) is 5.43 Å². The fourth-order valence-electron chi connectivity index (χ4n) is 3.30. The van der Waals surface area contributed by atoms with Gasteiger partial charge in [-0.15, -0.1) is 0 Å². The highest BCUT2D eigenvalue weighted by molar-refractivity contribution is 5.92. The van der Waals surface area contributed by atoms with E-state index in [1.54, 1.807) is 9.58 Å². The molecule has 0 saturated carbocycles. The van der Waals surface area contributed by atoms with Gasteiger partial charge in [0.05, 0.1) is 5.69 Å². The van der Waals surface area contributed by atoms with Crippen LogP contribution in [0.15, 0.2) is 41.2 Å². The van der Waals surface area contributed by atoms with E-state index in [1.807, 2.05) is 44.2 Å². The number of carbonyl (C=O) groups is 1. The largest absolute Gasteiger partial charge is 0.337 e. The predicted molar refractivity (Wildman–Crippen MR) is 96.8 cm³/mol. The van der Waals surface area contributed by atoms with E-state index < -0.39 is 0 Å². The average molecular weight is 340 g/mol. The Morgan fingerprint density at radius 2 is 2.04 bits per heavy atom. The van der Waals surface area contributed by atoms with Crippen molar-refractivity contribution in [1.29, 1.82) is 0 Å². The summed E-state index contributed by atoms with van der Waals surface area (Å²) < 4.78 is 1.64. The third-order valence-corrected chi connectivity index (χ3v) is 4.80. The van der Waals surface area contributed by atoms with Crippen LogP contribution < -0.4 is 11.2 Å². The van der Waals surface area contributed by atoms with Crippen molar-refractivity contribution < 1.29 is 4.79 Å². The molecule has 1 aliphatic rings. The number of para-hydroxylation sites is 1. The molecule has 1 saturated heterocycles. The first-order valence-electron chi connectivity index (χ1n) is 8.68. The highest BCUT2D eigenvalue weighted by Crippen LogP contribution is 2.20. The van der Waals surface area contributed by atoms with Gasteiger partial charge in [-0.1, -0.05) is 18.2 Å². The Labute approximate surface area is 147 Å². The van der Waals surface area contributed by atoms with Crippen LogP contribution in [0.3, 0.4) is 0 Å². The minimum absolute atomic E-state index is 0.0280. The zero-order valence-electron chi connectivity index (χ0n) is 14.7. The first-order valence-corrected chi connectivity index (χ1v) is 8.68. The highest BCUT2D eigenvalue weighted by Gasteiger charge is 2.28. The molecular weight excluding hydrogens is 316 g/mol. The third-order valence-electron chi connectivity index (χ3n) is 4.80. The number of hydrogen-bond donors (Lipinski definition) is 1. The number of likely N-dealkylation sites (tertiary alicyclic amines) is 1. The van der Waals surface area contributed by atoms with E-state index in [0.717, 1.165) is 18.5 Å². The summed E-state index contributed by atoms with van der Waals surface area (Å²) in [5.41, 5.74) is 7.15. The van der Waals surface area contributed by atoms with Crippen LogP contribution in [-0.4, -0.2) is 39.7 Å². The maximum atomic E-state index is 12.9. The van der Waals surface area contributed by atoms with E-state index in [2.05, 4.69) is 5.10 Å². The Bertz CT molecular complexity index is 814. The van der Waals surface area contributed by atoms with E-state index in [-0.39, 0.29) is 29.0 Å². The molecular formula is C19H24N4O2. The summed E-state index contributed by atoms with van der Waals surface area (Å²) in [6, 6.07) is 11.0. The van der Waals surface area contributed by atoms with Crippen molar-refractivity contribution in [2.75, 3.05) is 13.1 Å². The van der Waals surface area contributed by atoms with Crippen molar-refractivity contribution >= 4 is 5.91 Å². The minimum Gasteiger partial charge on any atom is -0.337 e. The standard InChI is InChI=1S/C19H24N4O2/c1-13-11-17(24)18(21-23(13)16-8-4-3-5-9-16)19(25)22-10-6-7-15(12-22)14(2)20/h3-5,8-9,11,14-15H,6-7,10,12,20H2,1-2H3. The smallest absolute Gasteiger partial charge is 0.278 e. The van der Waals surface area contributed by atoms with Crippen LogP contribution in [0.5, 0.6) is 0 Å². The summed E-state index contributed by atoms with van der Waals surface area (Å²) in [5, 5.41) is 4.37. The molecule has 1 amide bonds. The lowest BCUT2D eigenvalue weighted by atomic mass is 9.92. The van der Waals surface area contributed by atoms with Gasteiger partial charge in [-0.25, -0.2) is 4.68 Å². The van der Waals surface area contributed by atoms with Crippen molar-refractivity contribution in [3.63, 3.8) is 0 Å². The molecule has 6 nitrogen and oxygen atoms in total. The number of piperidine rings is 1. The van der Waals surface area contributed by atoms with Crippen molar-refractivity contribution in [3.05, 3.63) is 58.0 Å². The molecule has 2 atom stereocenters. The molecule has 1 aromatic carbocycles. The van der Waals surface area contributed by atoms with Gasteiger partial charge in [-0.2, -0.15) is 5.10 Å². The summed E-state index contributed by atoms with van der Waals surface area (Å²) in [5.74, 6) is -0.0421. The number of aromatic nitrogens is 2. The molecule has 0 bridgehead atoms. The van der Waals surface area contributed by atoms with E-state index in [9.17, 15) is 9.59 Å². The van der Waals surface area contributed by atoms with Crippen LogP contribution in [-0.2, 0) is 0 Å². The summed E-state index contributed by atoms with van der Waals surface area (Å²) in [6.45, 7) is 4.99. The summed E-state index contributed by atoms with van der Waals surface area (Å²) in [4.78, 5) is 27.0. The zero-order valence-corrected chi connectivity index (χ0v) is 14.7. The molecule has 1 aromatic heterocycles. The van der Waals surface area contributed by atoms with Gasteiger partial charge in [-0.3, -0.25) is 9.59 Å². The topological polar surface area (TPSA) is 81.2 Å². The van der Waals surface area contributed by atoms with Crippen LogP contribution in [0, 0.1) is 12.8 Å². The van der Waals surface area contributed by atoms with Gasteiger partial charge in [0.1, 0.15) is 0 Å². The molecule has 2 aromatic rings. The maximum Gasteiger partial charge on any atom is 0.278 e. The lowest BCUT2D eigenvalue weighted by Gasteiger charge is -2.34. The van der Waals surface area contributed by atoms with Gasteiger partial charge in [0, 0.05) is 30.9 Å². The molecule has 0 spiro atoms. The molecule has 25 heavy (non-hydrogen) atoms. The van der Waals surface area contributed by atoms with Gasteiger partial charge in [0.25, 0.3) is 5.91 Å². The lowest BCUT2D eigenvalue weighted by Crippen LogP contribution is -2.46. The fourth-order valence-corrected chi connectivity index (χ4v) is 3.30. The molecule has 3 rings (SSSR count). The van der Waals surface area contributed by atoms with Crippen LogP contribution >= 0.6 is 0 Å². The van der Waals surface area contributed by atoms with Crippen LogP contribution in [0.25, 0.3) is 5.69 Å². The Morgan fingerprint density at radius 3 is 2.72 bits per heavy atom. The van der Waals surface area contributed by atoms with Crippen molar-refractivity contribution in [1.82, 2.24) is 14.7 Å². The zero-order chi connectivity index (χ0) is 18.0. The third kappa shape index (κ3) is 3.64. The molecule has 2 unspecified atom stereocenters. The van der Waals surface area contributed by atoms with Crippen molar-refractivity contribution in [2.24, 2.45) is 11.7 Å². The molecule has 0 aliphatic carbocycles. The second kappa shape index (κ2) is 7.19. The molecule has 132 valence electrons. The number of nitrogens with two attached hydrogens (primary N) is 1. The summed E-state index contributed by atoms with van der Waals surface area (Å²) >= 11 is 0. The maximum absolute atomic E-state index is 12.9. The second-order valence-corrected chi connectivity index (χ2v) is 6.76. The minimum atomic E-state index is -0.336. The molecule has 2 N–H and O–H groups in total. The van der Waals surface area contributed by atoms with Crippen LogP contribution in [0.1, 0.15) is 35.9 Å². The fraction of sp³-hybridized carbons (Fsp3) is 0.421. The van der Waals surface area contributed by atoms with Gasteiger partial charge in [-0.05, 0) is 44.7 Å². The second-order valence-electron chi connectivity index (χ2n) is 6.76. The predicted octanol–water partition coefficient (Wildman–Crippen LogP) is 1.74. The van der Waals surface area contributed by atoms with E-state index in [1.165, 1.54) is 6.07 Å². The van der Waals surface area contributed by atoms with E-state index in [0.29, 0.717) is 18.8 Å². The average Bonchev–Trinajstić information content (AvgIpc) is 2.62. The number of aryl methyl sites for hydroxylation is 1.